The Bertz CT molecular complexity index is 1280. The van der Waals surface area contributed by atoms with Crippen LogP contribution in [0.25, 0.3) is 22.2 Å². The Morgan fingerprint density at radius 2 is 2.00 bits per heavy atom. The number of aromatic nitrogens is 1. The maximum Gasteiger partial charge on any atom is 0.306 e. The molecule has 0 saturated carbocycles. The topological polar surface area (TPSA) is 119 Å². The summed E-state index contributed by atoms with van der Waals surface area (Å²) in [5.41, 5.74) is 4.19. The zero-order valence-corrected chi connectivity index (χ0v) is 18.9. The normalized spacial score (nSPS) is 13.3. The minimum atomic E-state index is -3.81. The van der Waals surface area contributed by atoms with Crippen molar-refractivity contribution in [3.8, 4) is 22.8 Å². The van der Waals surface area contributed by atoms with Crippen LogP contribution in [-0.4, -0.2) is 52.9 Å². The van der Waals surface area contributed by atoms with Crippen LogP contribution >= 0.6 is 0 Å². The van der Waals surface area contributed by atoms with Gasteiger partial charge in [0.2, 0.25) is 0 Å². The number of carbonyl (C=O) groups excluding carboxylic acids is 1. The zero-order chi connectivity index (χ0) is 22.9. The van der Waals surface area contributed by atoms with Gasteiger partial charge in [0.15, 0.2) is 11.5 Å². The Balaban J connectivity index is 1.82. The highest BCUT2D eigenvalue weighted by molar-refractivity contribution is 7.86. The molecule has 1 aliphatic heterocycles. The molecule has 0 unspecified atom stereocenters. The molecule has 4 rings (SSSR count). The van der Waals surface area contributed by atoms with E-state index in [0.717, 1.165) is 35.0 Å². The number of H-pyrrole nitrogens is 1. The molecule has 3 aromatic rings. The summed E-state index contributed by atoms with van der Waals surface area (Å²) in [6.45, 7) is 2.17. The van der Waals surface area contributed by atoms with Crippen molar-refractivity contribution in [2.75, 3.05) is 33.6 Å². The van der Waals surface area contributed by atoms with E-state index >= 15 is 0 Å². The molecule has 1 aliphatic rings. The predicted octanol–water partition coefficient (Wildman–Crippen LogP) is 2.16. The molecular formula is C22H25N3O6S. The number of carbonyl (C=O) groups is 1. The van der Waals surface area contributed by atoms with E-state index in [9.17, 15) is 13.2 Å². The average Bonchev–Trinajstić information content (AvgIpc) is 3.35. The Kier molecular flexibility index (Phi) is 6.09. The quantitative estimate of drug-likeness (QED) is 0.331. The van der Waals surface area contributed by atoms with Crippen molar-refractivity contribution in [2.45, 2.75) is 13.1 Å². The number of hydrogen-bond acceptors (Lipinski definition) is 7. The Morgan fingerprint density at radius 3 is 2.72 bits per heavy atom. The highest BCUT2D eigenvalue weighted by Crippen LogP contribution is 2.43. The molecule has 0 fully saturated rings. The van der Waals surface area contributed by atoms with Crippen LogP contribution in [0.1, 0.15) is 21.5 Å². The first-order valence-corrected chi connectivity index (χ1v) is 11.9. The second kappa shape index (κ2) is 8.81. The summed E-state index contributed by atoms with van der Waals surface area (Å²) < 4.78 is 39.2. The van der Waals surface area contributed by atoms with Crippen molar-refractivity contribution in [2.24, 2.45) is 0 Å². The van der Waals surface area contributed by atoms with Gasteiger partial charge in [0.1, 0.15) is 0 Å². The number of aromatic amines is 1. The number of rotatable bonds is 9. The van der Waals surface area contributed by atoms with E-state index < -0.39 is 10.1 Å². The SMILES string of the molecule is COCCNCc1cccc2[nH]c(-c3cc(OC)c(OS(C)(=O)=O)c4c3C(=O)NC4)cc12. The molecule has 0 radical (unpaired) electrons. The lowest BCUT2D eigenvalue weighted by atomic mass is 9.98. The Labute approximate surface area is 186 Å². The van der Waals surface area contributed by atoms with Gasteiger partial charge in [-0.3, -0.25) is 4.79 Å². The monoisotopic (exact) mass is 459 g/mol. The smallest absolute Gasteiger partial charge is 0.306 e. The highest BCUT2D eigenvalue weighted by atomic mass is 32.2. The van der Waals surface area contributed by atoms with Gasteiger partial charge in [-0.25, -0.2) is 0 Å². The molecule has 1 aromatic heterocycles. The van der Waals surface area contributed by atoms with Crippen LogP contribution in [0.2, 0.25) is 0 Å². The van der Waals surface area contributed by atoms with E-state index in [0.29, 0.717) is 29.8 Å². The maximum absolute atomic E-state index is 12.7. The van der Waals surface area contributed by atoms with Gasteiger partial charge in [0.05, 0.1) is 25.5 Å². The van der Waals surface area contributed by atoms with E-state index in [-0.39, 0.29) is 24.0 Å². The predicted molar refractivity (Wildman–Crippen MR) is 121 cm³/mol. The van der Waals surface area contributed by atoms with Crippen LogP contribution in [0, 0.1) is 0 Å². The fourth-order valence-electron chi connectivity index (χ4n) is 3.90. The molecule has 2 heterocycles. The number of hydrogen-bond donors (Lipinski definition) is 3. The number of methoxy groups -OCH3 is 2. The van der Waals surface area contributed by atoms with E-state index in [1.165, 1.54) is 7.11 Å². The molecule has 0 bridgehead atoms. The van der Waals surface area contributed by atoms with Crippen LogP contribution in [0.3, 0.4) is 0 Å². The largest absolute Gasteiger partial charge is 0.493 e. The van der Waals surface area contributed by atoms with Crippen molar-refractivity contribution in [1.82, 2.24) is 15.6 Å². The van der Waals surface area contributed by atoms with Gasteiger partial charge in [0.25, 0.3) is 5.91 Å². The van der Waals surface area contributed by atoms with Crippen LogP contribution in [0.15, 0.2) is 30.3 Å². The molecule has 0 saturated heterocycles. The number of fused-ring (bicyclic) bond motifs is 2. The minimum Gasteiger partial charge on any atom is -0.493 e. The first-order chi connectivity index (χ1) is 15.3. The van der Waals surface area contributed by atoms with Crippen LogP contribution in [-0.2, 0) is 27.9 Å². The van der Waals surface area contributed by atoms with Crippen LogP contribution in [0.4, 0.5) is 0 Å². The lowest BCUT2D eigenvalue weighted by Crippen LogP contribution is -2.18. The standard InChI is InChI=1S/C22H25N3O6S/c1-29-8-7-23-11-13-5-4-6-17-14(13)9-18(25-17)15-10-19(30-2)21(31-32(3,27)28)16-12-24-22(26)20(15)16/h4-6,9-10,23,25H,7-8,11-12H2,1-3H3,(H,24,26). The van der Waals surface area contributed by atoms with Crippen molar-refractivity contribution in [3.05, 3.63) is 47.0 Å². The molecule has 2 aromatic carbocycles. The Morgan fingerprint density at radius 1 is 1.19 bits per heavy atom. The second-order valence-electron chi connectivity index (χ2n) is 7.51. The molecule has 10 heteroatoms. The summed E-state index contributed by atoms with van der Waals surface area (Å²) in [7, 11) is -0.715. The lowest BCUT2D eigenvalue weighted by molar-refractivity contribution is 0.0966. The summed E-state index contributed by atoms with van der Waals surface area (Å²) in [4.78, 5) is 16.0. The first-order valence-electron chi connectivity index (χ1n) is 10.0. The fourth-order valence-corrected chi connectivity index (χ4v) is 4.39. The fraction of sp³-hybridized carbons (Fsp3) is 0.318. The van der Waals surface area contributed by atoms with Gasteiger partial charge < -0.3 is 29.3 Å². The van der Waals surface area contributed by atoms with E-state index in [2.05, 4.69) is 15.6 Å². The van der Waals surface area contributed by atoms with Gasteiger partial charge >= 0.3 is 10.1 Å². The third-order valence-electron chi connectivity index (χ3n) is 5.29. The van der Waals surface area contributed by atoms with E-state index in [4.69, 9.17) is 13.7 Å². The van der Waals surface area contributed by atoms with Gasteiger partial charge in [0, 0.05) is 54.5 Å². The summed E-state index contributed by atoms with van der Waals surface area (Å²) in [5, 5.41) is 7.12. The first kappa shape index (κ1) is 22.1. The van der Waals surface area contributed by atoms with Crippen molar-refractivity contribution in [1.29, 1.82) is 0 Å². The molecule has 0 atom stereocenters. The Hall–Kier alpha value is -3.08. The molecule has 0 spiro atoms. The molecule has 9 nitrogen and oxygen atoms in total. The number of amides is 1. The number of ether oxygens (including phenoxy) is 2. The van der Waals surface area contributed by atoms with Crippen LogP contribution in [0.5, 0.6) is 11.5 Å². The summed E-state index contributed by atoms with van der Waals surface area (Å²) in [6, 6.07) is 9.60. The number of benzene rings is 2. The number of nitrogens with one attached hydrogen (secondary N) is 3. The third kappa shape index (κ3) is 4.29. The molecule has 1 amide bonds. The van der Waals surface area contributed by atoms with E-state index in [1.807, 2.05) is 24.3 Å². The average molecular weight is 460 g/mol. The van der Waals surface area contributed by atoms with Gasteiger partial charge in [-0.2, -0.15) is 8.42 Å². The summed E-state index contributed by atoms with van der Waals surface area (Å²) >= 11 is 0. The molecule has 0 aliphatic carbocycles. The van der Waals surface area contributed by atoms with Gasteiger partial charge in [-0.15, -0.1) is 0 Å². The second-order valence-corrected chi connectivity index (χ2v) is 9.09. The molecular weight excluding hydrogens is 434 g/mol. The maximum atomic E-state index is 12.7. The van der Waals surface area contributed by atoms with Gasteiger partial charge in [-0.05, 0) is 23.8 Å². The van der Waals surface area contributed by atoms with Crippen LogP contribution < -0.4 is 19.6 Å². The molecule has 3 N–H and O–H groups in total. The van der Waals surface area contributed by atoms with E-state index in [1.54, 1.807) is 13.2 Å². The zero-order valence-electron chi connectivity index (χ0n) is 18.1. The lowest BCUT2D eigenvalue weighted by Gasteiger charge is -2.15. The molecule has 32 heavy (non-hydrogen) atoms. The van der Waals surface area contributed by atoms with Crippen molar-refractivity contribution in [3.63, 3.8) is 0 Å². The van der Waals surface area contributed by atoms with Crippen molar-refractivity contribution >= 4 is 26.9 Å². The van der Waals surface area contributed by atoms with Gasteiger partial charge in [-0.1, -0.05) is 12.1 Å². The third-order valence-corrected chi connectivity index (χ3v) is 5.76. The van der Waals surface area contributed by atoms with Crippen molar-refractivity contribution < 1.29 is 26.9 Å². The summed E-state index contributed by atoms with van der Waals surface area (Å²) in [6.07, 6.45) is 0.955. The molecule has 170 valence electrons. The minimum absolute atomic E-state index is 0.0336. The highest BCUT2D eigenvalue weighted by Gasteiger charge is 2.32. The summed E-state index contributed by atoms with van der Waals surface area (Å²) in [5.74, 6) is -0.0249.